The van der Waals surface area contributed by atoms with E-state index in [2.05, 4.69) is 30.9 Å². The largest absolute Gasteiger partial charge is 0.494 e. The number of hydrogen-bond donors (Lipinski definition) is 3. The third kappa shape index (κ3) is 8.20. The minimum Gasteiger partial charge on any atom is -0.494 e. The highest BCUT2D eigenvalue weighted by Crippen LogP contribution is 2.27. The fourth-order valence-corrected chi connectivity index (χ4v) is 2.45. The lowest BCUT2D eigenvalue weighted by atomic mass is 10.1. The third-order valence-corrected chi connectivity index (χ3v) is 3.84. The highest BCUT2D eigenvalue weighted by Gasteiger charge is 2.32. The van der Waals surface area contributed by atoms with Crippen molar-refractivity contribution in [3.63, 3.8) is 0 Å². The zero-order valence-corrected chi connectivity index (χ0v) is 19.3. The first-order valence-corrected chi connectivity index (χ1v) is 9.14. The van der Waals surface area contributed by atoms with E-state index in [1.807, 2.05) is 32.0 Å². The number of anilines is 1. The van der Waals surface area contributed by atoms with Crippen LogP contribution in [0.1, 0.15) is 23.7 Å². The SMILES string of the molecule is CCOc1cc(C)ccc1CNC(=NC)NCCNc1nccc(C(F)(F)F)n1.I. The summed E-state index contributed by atoms with van der Waals surface area (Å²) in [4.78, 5) is 11.4. The number of rotatable bonds is 8. The lowest BCUT2D eigenvalue weighted by molar-refractivity contribution is -0.141. The van der Waals surface area contributed by atoms with Crippen LogP contribution >= 0.6 is 24.0 Å². The molecule has 30 heavy (non-hydrogen) atoms. The normalized spacial score (nSPS) is 11.5. The van der Waals surface area contributed by atoms with Gasteiger partial charge in [-0.3, -0.25) is 4.99 Å². The molecule has 11 heteroatoms. The predicted molar refractivity (Wildman–Crippen MR) is 121 cm³/mol. The average molecular weight is 538 g/mol. The van der Waals surface area contributed by atoms with Gasteiger partial charge >= 0.3 is 6.18 Å². The molecule has 0 saturated carbocycles. The highest BCUT2D eigenvalue weighted by atomic mass is 127. The third-order valence-electron chi connectivity index (χ3n) is 3.84. The molecule has 0 amide bonds. The molecule has 0 spiro atoms. The molecule has 0 saturated heterocycles. The summed E-state index contributed by atoms with van der Waals surface area (Å²) in [7, 11) is 1.64. The molecule has 0 bridgehead atoms. The van der Waals surface area contributed by atoms with E-state index < -0.39 is 11.9 Å². The number of ether oxygens (including phenoxy) is 1. The van der Waals surface area contributed by atoms with Crippen LogP contribution in [-0.4, -0.2) is 42.7 Å². The van der Waals surface area contributed by atoms with E-state index >= 15 is 0 Å². The molecule has 7 nitrogen and oxygen atoms in total. The number of aromatic nitrogens is 2. The van der Waals surface area contributed by atoms with Gasteiger partial charge < -0.3 is 20.7 Å². The summed E-state index contributed by atoms with van der Waals surface area (Å²) in [6, 6.07) is 6.81. The van der Waals surface area contributed by atoms with Gasteiger partial charge in [0.25, 0.3) is 0 Å². The summed E-state index contributed by atoms with van der Waals surface area (Å²) in [5.74, 6) is 1.30. The van der Waals surface area contributed by atoms with Crippen LogP contribution in [0.4, 0.5) is 19.1 Å². The van der Waals surface area contributed by atoms with Crippen molar-refractivity contribution >= 4 is 35.9 Å². The molecular formula is C19H26F3IN6O. The van der Waals surface area contributed by atoms with Crippen molar-refractivity contribution in [2.45, 2.75) is 26.6 Å². The van der Waals surface area contributed by atoms with Crippen LogP contribution in [0.2, 0.25) is 0 Å². The molecule has 0 aliphatic carbocycles. The Morgan fingerprint density at radius 2 is 1.93 bits per heavy atom. The van der Waals surface area contributed by atoms with Crippen molar-refractivity contribution in [2.24, 2.45) is 4.99 Å². The van der Waals surface area contributed by atoms with Crippen LogP contribution in [0, 0.1) is 6.92 Å². The Morgan fingerprint density at radius 1 is 1.17 bits per heavy atom. The minimum absolute atomic E-state index is 0. The first-order valence-electron chi connectivity index (χ1n) is 9.14. The van der Waals surface area contributed by atoms with Crippen molar-refractivity contribution in [2.75, 3.05) is 32.1 Å². The zero-order valence-electron chi connectivity index (χ0n) is 17.0. The van der Waals surface area contributed by atoms with E-state index in [0.717, 1.165) is 29.1 Å². The zero-order chi connectivity index (χ0) is 21.3. The smallest absolute Gasteiger partial charge is 0.433 e. The predicted octanol–water partition coefficient (Wildman–Crippen LogP) is 3.60. The molecule has 0 atom stereocenters. The molecule has 1 heterocycles. The van der Waals surface area contributed by atoms with Crippen LogP contribution in [0.25, 0.3) is 0 Å². The molecule has 0 unspecified atom stereocenters. The second-order valence-corrected chi connectivity index (χ2v) is 6.09. The number of nitrogens with zero attached hydrogens (tertiary/aromatic N) is 3. The fourth-order valence-electron chi connectivity index (χ4n) is 2.45. The number of guanidine groups is 1. The molecule has 3 N–H and O–H groups in total. The maximum Gasteiger partial charge on any atom is 0.433 e. The van der Waals surface area contributed by atoms with Crippen molar-refractivity contribution in [1.29, 1.82) is 0 Å². The molecule has 1 aromatic carbocycles. The van der Waals surface area contributed by atoms with E-state index in [9.17, 15) is 13.2 Å². The number of alkyl halides is 3. The lowest BCUT2D eigenvalue weighted by Gasteiger charge is -2.15. The molecular weight excluding hydrogens is 512 g/mol. The molecule has 0 radical (unpaired) electrons. The molecule has 0 aliphatic rings. The Morgan fingerprint density at radius 3 is 2.60 bits per heavy atom. The van der Waals surface area contributed by atoms with E-state index in [1.54, 1.807) is 7.05 Å². The molecule has 2 rings (SSSR count). The van der Waals surface area contributed by atoms with E-state index in [1.165, 1.54) is 0 Å². The molecule has 0 fully saturated rings. The van der Waals surface area contributed by atoms with E-state index in [-0.39, 0.29) is 29.9 Å². The Hall–Kier alpha value is -2.31. The van der Waals surface area contributed by atoms with Crippen molar-refractivity contribution in [3.8, 4) is 5.75 Å². The van der Waals surface area contributed by atoms with Crippen molar-refractivity contribution in [1.82, 2.24) is 20.6 Å². The summed E-state index contributed by atoms with van der Waals surface area (Å²) >= 11 is 0. The van der Waals surface area contributed by atoms with Gasteiger partial charge in [0.1, 0.15) is 11.4 Å². The molecule has 2 aromatic rings. The van der Waals surface area contributed by atoms with Gasteiger partial charge in [-0.1, -0.05) is 12.1 Å². The lowest BCUT2D eigenvalue weighted by Crippen LogP contribution is -2.39. The van der Waals surface area contributed by atoms with Gasteiger partial charge in [0, 0.05) is 38.4 Å². The van der Waals surface area contributed by atoms with Gasteiger partial charge in [-0.25, -0.2) is 9.97 Å². The van der Waals surface area contributed by atoms with Crippen LogP contribution in [0.3, 0.4) is 0 Å². The Kier molecular flexibility index (Phi) is 10.6. The average Bonchev–Trinajstić information content (AvgIpc) is 2.68. The number of benzene rings is 1. The van der Waals surface area contributed by atoms with Crippen molar-refractivity contribution in [3.05, 3.63) is 47.3 Å². The molecule has 1 aromatic heterocycles. The van der Waals surface area contributed by atoms with Crippen molar-refractivity contribution < 1.29 is 17.9 Å². The van der Waals surface area contributed by atoms with Gasteiger partial charge in [-0.2, -0.15) is 13.2 Å². The minimum atomic E-state index is -4.50. The van der Waals surface area contributed by atoms with Crippen LogP contribution in [0.5, 0.6) is 5.75 Å². The first kappa shape index (κ1) is 25.7. The van der Waals surface area contributed by atoms with Gasteiger partial charge in [-0.15, -0.1) is 24.0 Å². The first-order chi connectivity index (χ1) is 13.8. The van der Waals surface area contributed by atoms with Crippen LogP contribution in [0.15, 0.2) is 35.5 Å². The topological polar surface area (TPSA) is 83.5 Å². The van der Waals surface area contributed by atoms with Gasteiger partial charge in [0.05, 0.1) is 6.61 Å². The fraction of sp³-hybridized carbons (Fsp3) is 0.421. The number of aryl methyl sites for hydroxylation is 1. The number of aliphatic imine (C=N–C) groups is 1. The Bertz CT molecular complexity index is 832. The number of hydrogen-bond acceptors (Lipinski definition) is 5. The van der Waals surface area contributed by atoms with Crippen LogP contribution in [-0.2, 0) is 12.7 Å². The van der Waals surface area contributed by atoms with Gasteiger partial charge in [0.2, 0.25) is 5.95 Å². The summed E-state index contributed by atoms with van der Waals surface area (Å²) in [6.45, 7) is 5.75. The Labute approximate surface area is 191 Å². The summed E-state index contributed by atoms with van der Waals surface area (Å²) in [6.07, 6.45) is -3.43. The van der Waals surface area contributed by atoms with Gasteiger partial charge in [0.15, 0.2) is 5.96 Å². The van der Waals surface area contributed by atoms with E-state index in [4.69, 9.17) is 4.74 Å². The quantitative estimate of drug-likeness (QED) is 0.206. The maximum absolute atomic E-state index is 12.7. The molecule has 0 aliphatic heterocycles. The maximum atomic E-state index is 12.7. The number of halogens is 4. The standard InChI is InChI=1S/C19H25F3N6O.HI/c1-4-29-15-11-13(2)5-6-14(15)12-27-17(23-3)25-9-10-26-18-24-8-7-16(28-18)19(20,21)22;/h5-8,11H,4,9-10,12H2,1-3H3,(H2,23,25,27)(H,24,26,28);1H. The Balaban J connectivity index is 0.00000450. The summed E-state index contributed by atoms with van der Waals surface area (Å²) < 4.78 is 43.7. The monoisotopic (exact) mass is 538 g/mol. The van der Waals surface area contributed by atoms with Gasteiger partial charge in [-0.05, 0) is 31.5 Å². The van der Waals surface area contributed by atoms with Crippen LogP contribution < -0.4 is 20.7 Å². The second-order valence-electron chi connectivity index (χ2n) is 6.09. The molecule has 166 valence electrons. The summed E-state index contributed by atoms with van der Waals surface area (Å²) in [5, 5.41) is 9.01. The number of nitrogens with one attached hydrogen (secondary N) is 3. The second kappa shape index (κ2) is 12.4. The summed E-state index contributed by atoms with van der Waals surface area (Å²) in [5.41, 5.74) is 1.13. The highest BCUT2D eigenvalue weighted by molar-refractivity contribution is 14.0. The van der Waals surface area contributed by atoms with E-state index in [0.29, 0.717) is 32.2 Å².